The fourth-order valence-electron chi connectivity index (χ4n) is 3.73. The standard InChI is InChI=1S/C18H25ClO2/c1-17(2)5-3-6-18(20,8-7-17)12-14-11-15(19)10-13-4-9-21-16(13)14/h10-11,20H,3-9,12H2,1-2H3. The quantitative estimate of drug-likeness (QED) is 0.813. The van der Waals surface area contributed by atoms with Crippen LogP contribution in [0.15, 0.2) is 12.1 Å². The van der Waals surface area contributed by atoms with Crippen molar-refractivity contribution in [3.8, 4) is 5.75 Å². The molecular formula is C18H25ClO2. The first-order valence-electron chi connectivity index (χ1n) is 8.03. The lowest BCUT2D eigenvalue weighted by Gasteiger charge is -2.28. The van der Waals surface area contributed by atoms with Crippen LogP contribution in [-0.4, -0.2) is 17.3 Å². The zero-order valence-corrected chi connectivity index (χ0v) is 13.8. The summed E-state index contributed by atoms with van der Waals surface area (Å²) in [6, 6.07) is 3.97. The normalized spacial score (nSPS) is 27.8. The molecule has 0 radical (unpaired) electrons. The number of hydrogen-bond acceptors (Lipinski definition) is 2. The van der Waals surface area contributed by atoms with Crippen LogP contribution in [-0.2, 0) is 12.8 Å². The summed E-state index contributed by atoms with van der Waals surface area (Å²) in [5.74, 6) is 0.969. The smallest absolute Gasteiger partial charge is 0.126 e. The third-order valence-electron chi connectivity index (χ3n) is 5.11. The summed E-state index contributed by atoms with van der Waals surface area (Å²) in [6.45, 7) is 5.34. The highest BCUT2D eigenvalue weighted by Crippen LogP contribution is 2.42. The van der Waals surface area contributed by atoms with Gasteiger partial charge in [-0.25, -0.2) is 0 Å². The van der Waals surface area contributed by atoms with Gasteiger partial charge in [-0.1, -0.05) is 31.9 Å². The Morgan fingerprint density at radius 3 is 2.81 bits per heavy atom. The molecule has 3 heteroatoms. The summed E-state index contributed by atoms with van der Waals surface area (Å²) >= 11 is 6.23. The molecule has 1 N–H and O–H groups in total. The Morgan fingerprint density at radius 1 is 1.19 bits per heavy atom. The number of fused-ring (bicyclic) bond motifs is 1. The van der Waals surface area contributed by atoms with Gasteiger partial charge in [-0.2, -0.15) is 0 Å². The SMILES string of the molecule is CC1(C)CCCC(O)(Cc2cc(Cl)cc3c2OCC3)CC1. The molecule has 0 aromatic heterocycles. The monoisotopic (exact) mass is 308 g/mol. The molecule has 0 amide bonds. The van der Waals surface area contributed by atoms with Crippen LogP contribution in [0.4, 0.5) is 0 Å². The molecule has 1 aliphatic carbocycles. The van der Waals surface area contributed by atoms with Crippen LogP contribution in [0.1, 0.15) is 57.1 Å². The molecule has 1 unspecified atom stereocenters. The predicted octanol–water partition coefficient (Wildman–Crippen LogP) is 4.54. The number of aliphatic hydroxyl groups is 1. The molecule has 1 heterocycles. The van der Waals surface area contributed by atoms with Crippen LogP contribution >= 0.6 is 11.6 Å². The fraction of sp³-hybridized carbons (Fsp3) is 0.667. The maximum atomic E-state index is 11.1. The van der Waals surface area contributed by atoms with Crippen molar-refractivity contribution in [2.75, 3.05) is 6.61 Å². The lowest BCUT2D eigenvalue weighted by atomic mass is 9.82. The zero-order chi connectivity index (χ0) is 15.1. The van der Waals surface area contributed by atoms with Gasteiger partial charge in [0, 0.05) is 17.9 Å². The molecule has 0 saturated heterocycles. The van der Waals surface area contributed by atoms with Gasteiger partial charge in [0.05, 0.1) is 12.2 Å². The van der Waals surface area contributed by atoms with Crippen molar-refractivity contribution in [3.63, 3.8) is 0 Å². The van der Waals surface area contributed by atoms with Crippen LogP contribution in [0.25, 0.3) is 0 Å². The first-order chi connectivity index (χ1) is 9.87. The van der Waals surface area contributed by atoms with Crippen LogP contribution in [0, 0.1) is 5.41 Å². The van der Waals surface area contributed by atoms with Gasteiger partial charge in [-0.15, -0.1) is 0 Å². The van der Waals surface area contributed by atoms with Crippen molar-refractivity contribution in [3.05, 3.63) is 28.3 Å². The molecule has 1 aliphatic heterocycles. The van der Waals surface area contributed by atoms with E-state index in [0.29, 0.717) is 11.8 Å². The zero-order valence-electron chi connectivity index (χ0n) is 13.0. The van der Waals surface area contributed by atoms with Gasteiger partial charge in [0.15, 0.2) is 0 Å². The third kappa shape index (κ3) is 3.37. The maximum absolute atomic E-state index is 11.1. The Bertz CT molecular complexity index is 538. The van der Waals surface area contributed by atoms with Gasteiger partial charge in [0.1, 0.15) is 5.75 Å². The van der Waals surface area contributed by atoms with Crippen LogP contribution in [0.3, 0.4) is 0 Å². The van der Waals surface area contributed by atoms with E-state index in [4.69, 9.17) is 16.3 Å². The average molecular weight is 309 g/mol. The second-order valence-corrected chi connectivity index (χ2v) is 8.01. The van der Waals surface area contributed by atoms with Crippen molar-refractivity contribution in [1.29, 1.82) is 0 Å². The van der Waals surface area contributed by atoms with E-state index in [9.17, 15) is 5.11 Å². The predicted molar refractivity (Wildman–Crippen MR) is 86.2 cm³/mol. The Labute approximate surface area is 132 Å². The number of benzene rings is 1. The Kier molecular flexibility index (Phi) is 3.96. The Balaban J connectivity index is 1.83. The summed E-state index contributed by atoms with van der Waals surface area (Å²) in [5, 5.41) is 11.8. The molecule has 2 nitrogen and oxygen atoms in total. The fourth-order valence-corrected chi connectivity index (χ4v) is 3.99. The van der Waals surface area contributed by atoms with Crippen LogP contribution in [0.2, 0.25) is 5.02 Å². The molecule has 0 spiro atoms. The van der Waals surface area contributed by atoms with Crippen molar-refractivity contribution in [2.45, 2.75) is 64.4 Å². The van der Waals surface area contributed by atoms with E-state index >= 15 is 0 Å². The van der Waals surface area contributed by atoms with E-state index in [2.05, 4.69) is 13.8 Å². The maximum Gasteiger partial charge on any atom is 0.126 e. The van der Waals surface area contributed by atoms with Gasteiger partial charge in [0.2, 0.25) is 0 Å². The second kappa shape index (κ2) is 5.48. The van der Waals surface area contributed by atoms with Gasteiger partial charge in [0.25, 0.3) is 0 Å². The average Bonchev–Trinajstić information content (AvgIpc) is 2.79. The minimum absolute atomic E-state index is 0.345. The molecular weight excluding hydrogens is 284 g/mol. The largest absolute Gasteiger partial charge is 0.493 e. The van der Waals surface area contributed by atoms with Crippen molar-refractivity contribution < 1.29 is 9.84 Å². The van der Waals surface area contributed by atoms with Gasteiger partial charge >= 0.3 is 0 Å². The first-order valence-corrected chi connectivity index (χ1v) is 8.41. The summed E-state index contributed by atoms with van der Waals surface area (Å²) < 4.78 is 5.77. The minimum atomic E-state index is -0.613. The van der Waals surface area contributed by atoms with Gasteiger partial charge in [-0.05, 0) is 54.4 Å². The number of hydrogen-bond donors (Lipinski definition) is 1. The van der Waals surface area contributed by atoms with E-state index in [1.807, 2.05) is 12.1 Å². The van der Waals surface area contributed by atoms with E-state index in [-0.39, 0.29) is 0 Å². The van der Waals surface area contributed by atoms with E-state index < -0.39 is 5.60 Å². The van der Waals surface area contributed by atoms with Crippen LogP contribution in [0.5, 0.6) is 5.75 Å². The first kappa shape index (κ1) is 15.2. The van der Waals surface area contributed by atoms with E-state index in [1.54, 1.807) is 0 Å². The third-order valence-corrected chi connectivity index (χ3v) is 5.33. The van der Waals surface area contributed by atoms with Crippen molar-refractivity contribution >= 4 is 11.6 Å². The molecule has 1 aromatic carbocycles. The van der Waals surface area contributed by atoms with Gasteiger partial charge in [-0.3, -0.25) is 0 Å². The van der Waals surface area contributed by atoms with Crippen molar-refractivity contribution in [1.82, 2.24) is 0 Å². The lowest BCUT2D eigenvalue weighted by molar-refractivity contribution is 0.0221. The molecule has 21 heavy (non-hydrogen) atoms. The number of rotatable bonds is 2. The van der Waals surface area contributed by atoms with Crippen molar-refractivity contribution in [2.24, 2.45) is 5.41 Å². The van der Waals surface area contributed by atoms with E-state index in [1.165, 1.54) is 12.0 Å². The Hall–Kier alpha value is -0.730. The van der Waals surface area contributed by atoms with E-state index in [0.717, 1.165) is 55.0 Å². The lowest BCUT2D eigenvalue weighted by Crippen LogP contribution is -2.31. The molecule has 1 aromatic rings. The van der Waals surface area contributed by atoms with Gasteiger partial charge < -0.3 is 9.84 Å². The molecule has 116 valence electrons. The summed E-state index contributed by atoms with van der Waals surface area (Å²) in [6.07, 6.45) is 6.68. The number of halogens is 1. The highest BCUT2D eigenvalue weighted by atomic mass is 35.5. The highest BCUT2D eigenvalue weighted by Gasteiger charge is 2.35. The molecule has 1 saturated carbocycles. The summed E-state index contributed by atoms with van der Waals surface area (Å²) in [5.41, 5.74) is 2.00. The summed E-state index contributed by atoms with van der Waals surface area (Å²) in [7, 11) is 0. The minimum Gasteiger partial charge on any atom is -0.493 e. The second-order valence-electron chi connectivity index (χ2n) is 7.57. The molecule has 0 bridgehead atoms. The topological polar surface area (TPSA) is 29.5 Å². The van der Waals surface area contributed by atoms with Crippen LogP contribution < -0.4 is 4.74 Å². The number of ether oxygens (including phenoxy) is 1. The Morgan fingerprint density at radius 2 is 2.00 bits per heavy atom. The molecule has 2 aliphatic rings. The molecule has 1 fully saturated rings. The summed E-state index contributed by atoms with van der Waals surface area (Å²) in [4.78, 5) is 0. The molecule has 3 rings (SSSR count). The molecule has 1 atom stereocenters. The highest BCUT2D eigenvalue weighted by molar-refractivity contribution is 6.30.